The van der Waals surface area contributed by atoms with E-state index in [1.807, 2.05) is 60.7 Å². The Morgan fingerprint density at radius 3 is 1.06 bits per heavy atom. The topological polar surface area (TPSA) is 399 Å². The van der Waals surface area contributed by atoms with E-state index in [0.717, 1.165) is 101 Å². The highest BCUT2D eigenvalue weighted by Crippen LogP contribution is 2.22. The van der Waals surface area contributed by atoms with Crippen molar-refractivity contribution in [3.63, 3.8) is 0 Å². The standard InChI is InChI=1S/C20H27NO6.C13H21NO6.C11H14O3.C9H15NO4.C6H12O.C2H5NO2/c22-18(26-15-16-8-3-1-4-9-16)12-7-13-25-19(23)14-21-20(24)27-17-10-5-2-6-11-17;15-11(16)7-4-8-19-12(17)9-14-13(18)20-10-5-2-1-3-6-10;12-8-4-7-11(13)14-9-10-5-2-1-3-6-10;11-8(12)6-10-9(13)14-7-4-2-1-3-5-7;7-6-4-2-1-3-5-6;3-1-2(4)5/h1,3-4,8-9,17H,2,5-7,10-15H2,(H,21,24);10H,1-9H2,(H,14,18)(H,15,16);1-3,5-6,12H,4,7-9H2;7H,1-6H2,(H,10,13)(H,11,12);6-7H,1-5H2;1,3H2,(H,4,5). The summed E-state index contributed by atoms with van der Waals surface area (Å²) >= 11 is 0. The monoisotopic (exact) mass is 1230 g/mol. The van der Waals surface area contributed by atoms with Crippen LogP contribution in [-0.4, -0.2) is 156 Å². The normalized spacial score (nSPS) is 14.8. The summed E-state index contributed by atoms with van der Waals surface area (Å²) in [4.78, 5) is 109. The van der Waals surface area contributed by atoms with Gasteiger partial charge in [0.15, 0.2) is 0 Å². The van der Waals surface area contributed by atoms with Crippen LogP contribution in [0, 0.1) is 0 Å². The summed E-state index contributed by atoms with van der Waals surface area (Å²) in [6, 6.07) is 18.9. The minimum Gasteiger partial charge on any atom is -0.481 e. The number of nitrogens with two attached hydrogens (primary N) is 1. The largest absolute Gasteiger partial charge is 0.481 e. The molecule has 0 heterocycles. The Morgan fingerprint density at radius 2 is 0.747 bits per heavy atom. The van der Waals surface area contributed by atoms with Crippen molar-refractivity contribution < 1.29 is 107 Å². The predicted octanol–water partition coefficient (Wildman–Crippen LogP) is 7.54. The van der Waals surface area contributed by atoms with Crippen molar-refractivity contribution in [1.29, 1.82) is 0 Å². The second-order valence-corrected chi connectivity index (χ2v) is 20.5. The summed E-state index contributed by atoms with van der Waals surface area (Å²) in [5, 5.41) is 48.6. The zero-order valence-corrected chi connectivity index (χ0v) is 50.1. The molecule has 0 radical (unpaired) electrons. The van der Waals surface area contributed by atoms with Gasteiger partial charge in [0, 0.05) is 25.9 Å². The van der Waals surface area contributed by atoms with Crippen LogP contribution in [0.15, 0.2) is 60.7 Å². The number of aliphatic hydroxyl groups is 2. The summed E-state index contributed by atoms with van der Waals surface area (Å²) in [6.45, 7) is -0.477. The molecule has 0 aliphatic heterocycles. The van der Waals surface area contributed by atoms with Crippen molar-refractivity contribution in [3.05, 3.63) is 71.8 Å². The van der Waals surface area contributed by atoms with Gasteiger partial charge in [-0.2, -0.15) is 0 Å². The SMILES string of the molecule is NCC(=O)O.O=C(CCCO)OCc1ccccc1.O=C(CCCOC(=O)CNC(=O)OC1CCCCC1)OCc1ccccc1.O=C(O)CCCOC(=O)CNC(=O)OC1CCCCC1.O=C(O)CNC(=O)OC1CCCCC1.OC1CCCCC1. The van der Waals surface area contributed by atoms with E-state index in [1.165, 1.54) is 38.5 Å². The number of carboxylic acids is 3. The second kappa shape index (κ2) is 51.6. The van der Waals surface area contributed by atoms with Crippen LogP contribution >= 0.6 is 0 Å². The molecule has 4 aliphatic carbocycles. The van der Waals surface area contributed by atoms with Gasteiger partial charge in [-0.3, -0.25) is 33.6 Å². The first-order valence-corrected chi connectivity index (χ1v) is 30.1. The summed E-state index contributed by atoms with van der Waals surface area (Å²) in [5.41, 5.74) is 6.47. The number of carbonyl (C=O) groups excluding carboxylic acids is 7. The molecule has 4 fully saturated rings. The lowest BCUT2D eigenvalue weighted by Gasteiger charge is -2.21. The van der Waals surface area contributed by atoms with Crippen LogP contribution in [-0.2, 0) is 79.9 Å². The molecule has 10 N–H and O–H groups in total. The van der Waals surface area contributed by atoms with Crippen LogP contribution < -0.4 is 21.7 Å². The minimum atomic E-state index is -1.06. The first kappa shape index (κ1) is 77.4. The highest BCUT2D eigenvalue weighted by atomic mass is 16.6. The highest BCUT2D eigenvalue weighted by molar-refractivity contribution is 5.79. The Labute approximate surface area is 509 Å². The molecule has 490 valence electrons. The number of ether oxygens (including phenoxy) is 7. The number of benzene rings is 2. The van der Waals surface area contributed by atoms with Gasteiger partial charge >= 0.3 is 60.1 Å². The number of carboxylic acid groups (broad SMARTS) is 3. The van der Waals surface area contributed by atoms with Gasteiger partial charge in [-0.1, -0.05) is 99.2 Å². The maximum Gasteiger partial charge on any atom is 0.407 e. The van der Waals surface area contributed by atoms with Crippen molar-refractivity contribution in [3.8, 4) is 0 Å². The second-order valence-electron chi connectivity index (χ2n) is 20.5. The van der Waals surface area contributed by atoms with Gasteiger partial charge < -0.3 is 80.4 Å². The first-order chi connectivity index (χ1) is 41.9. The van der Waals surface area contributed by atoms with Crippen LogP contribution in [0.2, 0.25) is 0 Å². The molecule has 2 aromatic rings. The third-order valence-corrected chi connectivity index (χ3v) is 13.0. The lowest BCUT2D eigenvalue weighted by molar-refractivity contribution is -0.148. The van der Waals surface area contributed by atoms with Crippen molar-refractivity contribution in [2.45, 2.75) is 205 Å². The molecule has 4 aliphatic rings. The van der Waals surface area contributed by atoms with E-state index in [2.05, 4.69) is 21.7 Å². The molecular formula is C61H94N4O22. The average Bonchev–Trinajstić information content (AvgIpc) is 3.54. The molecule has 6 rings (SSSR count). The number of carbonyl (C=O) groups is 10. The number of hydrogen-bond donors (Lipinski definition) is 9. The zero-order valence-electron chi connectivity index (χ0n) is 50.1. The van der Waals surface area contributed by atoms with Crippen molar-refractivity contribution in [2.75, 3.05) is 46.0 Å². The quantitative estimate of drug-likeness (QED) is 0.0263. The average molecular weight is 1240 g/mol. The van der Waals surface area contributed by atoms with E-state index in [4.69, 9.17) is 58.7 Å². The molecule has 0 aromatic heterocycles. The van der Waals surface area contributed by atoms with Gasteiger partial charge in [0.05, 0.1) is 25.9 Å². The van der Waals surface area contributed by atoms with Crippen LogP contribution in [0.4, 0.5) is 14.4 Å². The molecule has 87 heavy (non-hydrogen) atoms. The molecule has 2 aromatic carbocycles. The van der Waals surface area contributed by atoms with Crippen LogP contribution in [0.5, 0.6) is 0 Å². The molecule has 4 saturated carbocycles. The molecular weight excluding hydrogens is 1140 g/mol. The minimum absolute atomic E-state index is 0.0282. The van der Waals surface area contributed by atoms with E-state index in [1.54, 1.807) is 0 Å². The molecule has 26 heteroatoms. The summed E-state index contributed by atoms with van der Waals surface area (Å²) in [5.74, 6) is -4.73. The summed E-state index contributed by atoms with van der Waals surface area (Å²) in [7, 11) is 0. The number of amides is 3. The first-order valence-electron chi connectivity index (χ1n) is 30.1. The third kappa shape index (κ3) is 48.3. The summed E-state index contributed by atoms with van der Waals surface area (Å²) in [6.07, 6.45) is 20.6. The number of rotatable bonds is 25. The van der Waals surface area contributed by atoms with Crippen LogP contribution in [0.25, 0.3) is 0 Å². The number of alkyl carbamates (subject to hydrolysis) is 3. The Morgan fingerprint density at radius 1 is 0.414 bits per heavy atom. The van der Waals surface area contributed by atoms with E-state index in [-0.39, 0.29) is 115 Å². The number of hydrogen-bond acceptors (Lipinski definition) is 20. The Hall–Kier alpha value is -7.58. The molecule has 26 nitrogen and oxygen atoms in total. The molecule has 0 unspecified atom stereocenters. The molecule has 0 bridgehead atoms. The van der Waals surface area contributed by atoms with Gasteiger partial charge in [-0.25, -0.2) is 14.4 Å². The molecule has 3 amide bonds. The fraction of sp³-hybridized carbons (Fsp3) is 0.639. The Bertz CT molecular complexity index is 2220. The fourth-order valence-electron chi connectivity index (χ4n) is 8.40. The fourth-order valence-corrected chi connectivity index (χ4v) is 8.40. The molecule has 0 spiro atoms. The Kier molecular flexibility index (Phi) is 45.9. The van der Waals surface area contributed by atoms with E-state index < -0.39 is 48.1 Å². The van der Waals surface area contributed by atoms with E-state index in [0.29, 0.717) is 19.4 Å². The van der Waals surface area contributed by atoms with Crippen LogP contribution in [0.1, 0.15) is 178 Å². The van der Waals surface area contributed by atoms with E-state index in [9.17, 15) is 47.9 Å². The van der Waals surface area contributed by atoms with E-state index >= 15 is 0 Å². The summed E-state index contributed by atoms with van der Waals surface area (Å²) < 4.78 is 35.3. The number of esters is 4. The maximum atomic E-state index is 11.6. The Balaban J connectivity index is 0.000000559. The lowest BCUT2D eigenvalue weighted by atomic mass is 9.98. The lowest BCUT2D eigenvalue weighted by Crippen LogP contribution is -2.34. The van der Waals surface area contributed by atoms with Gasteiger partial charge in [0.1, 0.15) is 51.2 Å². The third-order valence-electron chi connectivity index (χ3n) is 13.0. The number of aliphatic carboxylic acids is 3. The van der Waals surface area contributed by atoms with Crippen LogP contribution in [0.3, 0.4) is 0 Å². The molecule has 0 atom stereocenters. The van der Waals surface area contributed by atoms with Gasteiger partial charge in [0.2, 0.25) is 0 Å². The van der Waals surface area contributed by atoms with Gasteiger partial charge in [0.25, 0.3) is 0 Å². The zero-order chi connectivity index (χ0) is 64.1. The van der Waals surface area contributed by atoms with Crippen molar-refractivity contribution >= 4 is 60.1 Å². The van der Waals surface area contributed by atoms with Gasteiger partial charge in [-0.15, -0.1) is 0 Å². The predicted molar refractivity (Wildman–Crippen MR) is 314 cm³/mol. The van der Waals surface area contributed by atoms with Crippen molar-refractivity contribution in [2.24, 2.45) is 5.73 Å². The smallest absolute Gasteiger partial charge is 0.407 e. The maximum absolute atomic E-state index is 11.6. The highest BCUT2D eigenvalue weighted by Gasteiger charge is 2.21. The number of aliphatic hydroxyl groups excluding tert-OH is 2. The van der Waals surface area contributed by atoms with Gasteiger partial charge in [-0.05, 0) is 120 Å². The number of nitrogens with one attached hydrogen (secondary N) is 3. The van der Waals surface area contributed by atoms with Crippen molar-refractivity contribution in [1.82, 2.24) is 16.0 Å². The molecule has 0 saturated heterocycles.